The van der Waals surface area contributed by atoms with E-state index in [1.807, 2.05) is 12.1 Å². The average Bonchev–Trinajstić information content (AvgIpc) is 2.29. The standard InChI is InChI=1S/C13H17ClN2O/c1-9(17)16-12-4-2-3-10(7-12)13-6-5-11(14)8-15-13/h5-6,8,10,12H,2-4,7H2,1H3,(H,16,17). The van der Waals surface area contributed by atoms with Gasteiger partial charge in [0.25, 0.3) is 0 Å². The van der Waals surface area contributed by atoms with Gasteiger partial charge in [0.2, 0.25) is 5.91 Å². The van der Waals surface area contributed by atoms with Gasteiger partial charge in [-0.25, -0.2) is 0 Å². The lowest BCUT2D eigenvalue weighted by atomic mass is 9.83. The quantitative estimate of drug-likeness (QED) is 0.879. The van der Waals surface area contributed by atoms with Gasteiger partial charge in [-0.3, -0.25) is 9.78 Å². The molecule has 2 atom stereocenters. The number of hydrogen-bond donors (Lipinski definition) is 1. The highest BCUT2D eigenvalue weighted by atomic mass is 35.5. The van der Waals surface area contributed by atoms with Gasteiger partial charge in [0.1, 0.15) is 0 Å². The predicted molar refractivity (Wildman–Crippen MR) is 68.1 cm³/mol. The van der Waals surface area contributed by atoms with Crippen molar-refractivity contribution in [2.24, 2.45) is 0 Å². The van der Waals surface area contributed by atoms with Gasteiger partial charge in [-0.2, -0.15) is 0 Å². The first-order chi connectivity index (χ1) is 8.15. The first-order valence-electron chi connectivity index (χ1n) is 6.03. The molecule has 0 bridgehead atoms. The monoisotopic (exact) mass is 252 g/mol. The summed E-state index contributed by atoms with van der Waals surface area (Å²) in [6.07, 6.45) is 6.03. The van der Waals surface area contributed by atoms with Crippen molar-refractivity contribution < 1.29 is 4.79 Å². The van der Waals surface area contributed by atoms with Crippen LogP contribution in [0.15, 0.2) is 18.3 Å². The van der Waals surface area contributed by atoms with Gasteiger partial charge >= 0.3 is 0 Å². The summed E-state index contributed by atoms with van der Waals surface area (Å²) < 4.78 is 0. The molecule has 1 aliphatic rings. The Kier molecular flexibility index (Phi) is 4.00. The largest absolute Gasteiger partial charge is 0.354 e. The van der Waals surface area contributed by atoms with E-state index in [4.69, 9.17) is 11.6 Å². The number of aromatic nitrogens is 1. The second-order valence-corrected chi connectivity index (χ2v) is 5.10. The molecule has 17 heavy (non-hydrogen) atoms. The molecule has 1 heterocycles. The van der Waals surface area contributed by atoms with Crippen LogP contribution >= 0.6 is 11.6 Å². The summed E-state index contributed by atoms with van der Waals surface area (Å²) in [7, 11) is 0. The molecule has 1 aliphatic carbocycles. The summed E-state index contributed by atoms with van der Waals surface area (Å²) in [6, 6.07) is 4.17. The van der Waals surface area contributed by atoms with Crippen molar-refractivity contribution >= 4 is 17.5 Å². The summed E-state index contributed by atoms with van der Waals surface area (Å²) in [4.78, 5) is 15.4. The van der Waals surface area contributed by atoms with E-state index in [1.165, 1.54) is 0 Å². The number of amides is 1. The third-order valence-electron chi connectivity index (χ3n) is 3.25. The number of nitrogens with zero attached hydrogens (tertiary/aromatic N) is 1. The van der Waals surface area contributed by atoms with E-state index in [2.05, 4.69) is 10.3 Å². The molecular formula is C13H17ClN2O. The highest BCUT2D eigenvalue weighted by Crippen LogP contribution is 2.32. The van der Waals surface area contributed by atoms with Crippen molar-refractivity contribution in [3.05, 3.63) is 29.0 Å². The van der Waals surface area contributed by atoms with Crippen LogP contribution in [0.1, 0.15) is 44.2 Å². The fraction of sp³-hybridized carbons (Fsp3) is 0.538. The van der Waals surface area contributed by atoms with Crippen molar-refractivity contribution in [1.29, 1.82) is 0 Å². The number of pyridine rings is 1. The molecule has 1 fully saturated rings. The SMILES string of the molecule is CC(=O)NC1CCCC(c2ccc(Cl)cn2)C1. The van der Waals surface area contributed by atoms with Crippen molar-refractivity contribution in [3.8, 4) is 0 Å². The fourth-order valence-electron chi connectivity index (χ4n) is 2.51. The van der Waals surface area contributed by atoms with Crippen molar-refractivity contribution in [3.63, 3.8) is 0 Å². The lowest BCUT2D eigenvalue weighted by Gasteiger charge is -2.29. The summed E-state index contributed by atoms with van der Waals surface area (Å²) in [5.74, 6) is 0.498. The van der Waals surface area contributed by atoms with Gasteiger partial charge in [-0.1, -0.05) is 18.0 Å². The van der Waals surface area contributed by atoms with E-state index in [9.17, 15) is 4.79 Å². The Morgan fingerprint density at radius 1 is 1.47 bits per heavy atom. The minimum atomic E-state index is 0.0553. The van der Waals surface area contributed by atoms with Gasteiger partial charge in [-0.15, -0.1) is 0 Å². The maximum atomic E-state index is 11.1. The Labute approximate surface area is 107 Å². The van der Waals surface area contributed by atoms with Crippen LogP contribution in [0.3, 0.4) is 0 Å². The van der Waals surface area contributed by atoms with Gasteiger partial charge in [0.05, 0.1) is 5.02 Å². The number of halogens is 1. The number of nitrogens with one attached hydrogen (secondary N) is 1. The molecule has 0 aromatic carbocycles. The van der Waals surface area contributed by atoms with Crippen LogP contribution in [-0.4, -0.2) is 16.9 Å². The number of hydrogen-bond acceptors (Lipinski definition) is 2. The molecule has 0 spiro atoms. The second kappa shape index (κ2) is 5.50. The molecule has 0 saturated heterocycles. The molecule has 1 N–H and O–H groups in total. The van der Waals surface area contributed by atoms with Crippen LogP contribution in [0.2, 0.25) is 5.02 Å². The van der Waals surface area contributed by atoms with E-state index in [1.54, 1.807) is 13.1 Å². The number of rotatable bonds is 2. The maximum Gasteiger partial charge on any atom is 0.217 e. The smallest absolute Gasteiger partial charge is 0.217 e. The third kappa shape index (κ3) is 3.43. The normalized spacial score (nSPS) is 24.4. The molecule has 3 nitrogen and oxygen atoms in total. The van der Waals surface area contributed by atoms with Crippen LogP contribution in [0, 0.1) is 0 Å². The molecule has 2 rings (SSSR count). The number of carbonyl (C=O) groups excluding carboxylic acids is 1. The maximum absolute atomic E-state index is 11.1. The highest BCUT2D eigenvalue weighted by Gasteiger charge is 2.24. The predicted octanol–water partition coefficient (Wildman–Crippen LogP) is 2.90. The fourth-order valence-corrected chi connectivity index (χ4v) is 2.62. The lowest BCUT2D eigenvalue weighted by Crippen LogP contribution is -2.36. The lowest BCUT2D eigenvalue weighted by molar-refractivity contribution is -0.119. The summed E-state index contributed by atoms with van der Waals surface area (Å²) in [5.41, 5.74) is 1.09. The highest BCUT2D eigenvalue weighted by molar-refractivity contribution is 6.30. The van der Waals surface area contributed by atoms with Crippen LogP contribution in [-0.2, 0) is 4.79 Å². The van der Waals surface area contributed by atoms with E-state index < -0.39 is 0 Å². The molecule has 92 valence electrons. The molecule has 4 heteroatoms. The van der Waals surface area contributed by atoms with Gasteiger partial charge < -0.3 is 5.32 Å². The second-order valence-electron chi connectivity index (χ2n) is 4.66. The minimum absolute atomic E-state index is 0.0553. The molecule has 1 amide bonds. The van der Waals surface area contributed by atoms with E-state index in [-0.39, 0.29) is 5.91 Å². The molecule has 0 aliphatic heterocycles. The molecule has 1 saturated carbocycles. The topological polar surface area (TPSA) is 42.0 Å². The Balaban J connectivity index is 2.01. The average molecular weight is 253 g/mol. The Morgan fingerprint density at radius 2 is 2.29 bits per heavy atom. The first kappa shape index (κ1) is 12.4. The minimum Gasteiger partial charge on any atom is -0.354 e. The molecular weight excluding hydrogens is 236 g/mol. The summed E-state index contributed by atoms with van der Waals surface area (Å²) in [6.45, 7) is 1.57. The molecule has 0 radical (unpaired) electrons. The third-order valence-corrected chi connectivity index (χ3v) is 3.47. The number of carbonyl (C=O) groups is 1. The van der Waals surface area contributed by atoms with E-state index >= 15 is 0 Å². The van der Waals surface area contributed by atoms with Gasteiger partial charge in [0, 0.05) is 30.8 Å². The zero-order valence-corrected chi connectivity index (χ0v) is 10.7. The Morgan fingerprint density at radius 3 is 2.94 bits per heavy atom. The Bertz CT molecular complexity index is 391. The molecule has 1 aromatic heterocycles. The van der Waals surface area contributed by atoms with Gasteiger partial charge in [0.15, 0.2) is 0 Å². The molecule has 1 aromatic rings. The zero-order valence-electron chi connectivity index (χ0n) is 9.95. The van der Waals surface area contributed by atoms with Crippen LogP contribution < -0.4 is 5.32 Å². The van der Waals surface area contributed by atoms with E-state index in [0.717, 1.165) is 31.4 Å². The van der Waals surface area contributed by atoms with Gasteiger partial charge in [-0.05, 0) is 31.4 Å². The molecule has 2 unspecified atom stereocenters. The Hall–Kier alpha value is -1.09. The van der Waals surface area contributed by atoms with Crippen LogP contribution in [0.4, 0.5) is 0 Å². The first-order valence-corrected chi connectivity index (χ1v) is 6.41. The van der Waals surface area contributed by atoms with Crippen LogP contribution in [0.5, 0.6) is 0 Å². The summed E-state index contributed by atoms with van der Waals surface area (Å²) in [5, 5.41) is 3.67. The van der Waals surface area contributed by atoms with E-state index in [0.29, 0.717) is 17.0 Å². The van der Waals surface area contributed by atoms with Crippen molar-refractivity contribution in [2.75, 3.05) is 0 Å². The zero-order chi connectivity index (χ0) is 12.3. The van der Waals surface area contributed by atoms with Crippen molar-refractivity contribution in [1.82, 2.24) is 10.3 Å². The summed E-state index contributed by atoms with van der Waals surface area (Å²) >= 11 is 5.83. The van der Waals surface area contributed by atoms with Crippen LogP contribution in [0.25, 0.3) is 0 Å². The van der Waals surface area contributed by atoms with Crippen molar-refractivity contribution in [2.45, 2.75) is 44.6 Å².